The number of nitrogens with one attached hydrogen (secondary N) is 1. The molecule has 0 aliphatic heterocycles. The summed E-state index contributed by atoms with van der Waals surface area (Å²) in [6.07, 6.45) is 2.21. The van der Waals surface area contributed by atoms with Gasteiger partial charge < -0.3 is 15.5 Å². The number of hydrogen-bond acceptors (Lipinski definition) is 4. The quantitative estimate of drug-likeness (QED) is 0.703. The maximum absolute atomic E-state index is 12.0. The van der Waals surface area contributed by atoms with Crippen LogP contribution in [-0.2, 0) is 11.3 Å². The summed E-state index contributed by atoms with van der Waals surface area (Å²) in [5.41, 5.74) is 5.49. The molecule has 0 spiro atoms. The van der Waals surface area contributed by atoms with Crippen LogP contribution in [0.15, 0.2) is 22.8 Å². The van der Waals surface area contributed by atoms with Crippen molar-refractivity contribution < 1.29 is 9.21 Å². The first-order valence-electron chi connectivity index (χ1n) is 6.37. The van der Waals surface area contributed by atoms with E-state index < -0.39 is 0 Å². The van der Waals surface area contributed by atoms with Crippen LogP contribution < -0.4 is 11.1 Å². The van der Waals surface area contributed by atoms with Crippen molar-refractivity contribution >= 4 is 23.1 Å². The largest absolute Gasteiger partial charge is 0.467 e. The fraction of sp³-hybridized carbons (Fsp3) is 0.538. The molecule has 0 bridgehead atoms. The number of rotatable bonds is 8. The Morgan fingerprint density at radius 1 is 1.63 bits per heavy atom. The van der Waals surface area contributed by atoms with Crippen molar-refractivity contribution in [3.8, 4) is 0 Å². The van der Waals surface area contributed by atoms with Crippen molar-refractivity contribution in [1.29, 1.82) is 0 Å². The molecular weight excluding hydrogens is 262 g/mol. The minimum absolute atomic E-state index is 0.0267. The van der Waals surface area contributed by atoms with Gasteiger partial charge >= 0.3 is 0 Å². The molecular formula is C13H21N3O2S. The third-order valence-corrected chi connectivity index (χ3v) is 3.20. The second-order valence-corrected chi connectivity index (χ2v) is 4.84. The molecule has 5 nitrogen and oxygen atoms in total. The van der Waals surface area contributed by atoms with Crippen LogP contribution >= 0.6 is 12.2 Å². The van der Waals surface area contributed by atoms with Crippen molar-refractivity contribution in [2.75, 3.05) is 13.1 Å². The first kappa shape index (κ1) is 15.7. The van der Waals surface area contributed by atoms with E-state index in [0.717, 1.165) is 12.3 Å². The molecule has 0 aromatic carbocycles. The predicted molar refractivity (Wildman–Crippen MR) is 78.7 cm³/mol. The van der Waals surface area contributed by atoms with Gasteiger partial charge in [-0.3, -0.25) is 9.69 Å². The fourth-order valence-corrected chi connectivity index (χ4v) is 1.87. The van der Waals surface area contributed by atoms with Crippen LogP contribution in [-0.4, -0.2) is 34.9 Å². The van der Waals surface area contributed by atoms with Gasteiger partial charge in [-0.2, -0.15) is 0 Å². The number of likely N-dealkylation sites (N-methyl/N-ethyl adjacent to an activating group) is 1. The Morgan fingerprint density at radius 2 is 2.37 bits per heavy atom. The molecule has 106 valence electrons. The van der Waals surface area contributed by atoms with E-state index in [-0.39, 0.29) is 11.9 Å². The van der Waals surface area contributed by atoms with E-state index in [4.69, 9.17) is 22.4 Å². The highest BCUT2D eigenvalue weighted by atomic mass is 32.1. The first-order chi connectivity index (χ1) is 9.04. The Bertz CT molecular complexity index is 406. The molecule has 19 heavy (non-hydrogen) atoms. The lowest BCUT2D eigenvalue weighted by Gasteiger charge is -2.26. The number of carbonyl (C=O) groups is 1. The molecule has 1 atom stereocenters. The summed E-state index contributed by atoms with van der Waals surface area (Å²) >= 11 is 4.86. The van der Waals surface area contributed by atoms with Gasteiger partial charge in [-0.1, -0.05) is 19.1 Å². The summed E-state index contributed by atoms with van der Waals surface area (Å²) < 4.78 is 5.17. The highest BCUT2D eigenvalue weighted by Crippen LogP contribution is 2.03. The Labute approximate surface area is 119 Å². The lowest BCUT2D eigenvalue weighted by molar-refractivity contribution is -0.126. The van der Waals surface area contributed by atoms with Gasteiger partial charge in [-0.05, 0) is 25.6 Å². The zero-order valence-corrected chi connectivity index (χ0v) is 12.2. The topological polar surface area (TPSA) is 71.5 Å². The van der Waals surface area contributed by atoms with E-state index in [2.05, 4.69) is 5.32 Å². The van der Waals surface area contributed by atoms with Crippen molar-refractivity contribution in [2.45, 2.75) is 32.9 Å². The van der Waals surface area contributed by atoms with Gasteiger partial charge in [0.15, 0.2) is 0 Å². The molecule has 1 aromatic rings. The Hall–Kier alpha value is -1.40. The average Bonchev–Trinajstić information content (AvgIpc) is 2.89. The van der Waals surface area contributed by atoms with Gasteiger partial charge in [0.25, 0.3) is 0 Å². The van der Waals surface area contributed by atoms with E-state index in [1.165, 1.54) is 0 Å². The molecule has 0 saturated heterocycles. The van der Waals surface area contributed by atoms with E-state index in [0.29, 0.717) is 24.5 Å². The SMILES string of the molecule is CCN(CCC(N)=S)C(C)C(=O)NCc1ccco1. The summed E-state index contributed by atoms with van der Waals surface area (Å²) in [4.78, 5) is 14.5. The number of hydrogen-bond donors (Lipinski definition) is 2. The molecule has 0 aliphatic rings. The summed E-state index contributed by atoms with van der Waals surface area (Å²) in [5.74, 6) is 0.716. The number of thiocarbonyl (C=S) groups is 1. The third kappa shape index (κ3) is 5.40. The van der Waals surface area contributed by atoms with Crippen LogP contribution in [0.25, 0.3) is 0 Å². The summed E-state index contributed by atoms with van der Waals surface area (Å²) in [7, 11) is 0. The summed E-state index contributed by atoms with van der Waals surface area (Å²) in [6.45, 7) is 5.76. The van der Waals surface area contributed by atoms with E-state index >= 15 is 0 Å². The van der Waals surface area contributed by atoms with Crippen LogP contribution in [0.4, 0.5) is 0 Å². The van der Waals surface area contributed by atoms with Gasteiger partial charge in [0.2, 0.25) is 5.91 Å². The second-order valence-electron chi connectivity index (χ2n) is 4.32. The number of nitrogens with two attached hydrogens (primary N) is 1. The molecule has 0 radical (unpaired) electrons. The zero-order valence-electron chi connectivity index (χ0n) is 11.4. The maximum atomic E-state index is 12.0. The molecule has 1 unspecified atom stereocenters. The lowest BCUT2D eigenvalue weighted by atomic mass is 10.2. The molecule has 1 heterocycles. The van der Waals surface area contributed by atoms with Gasteiger partial charge in [-0.15, -0.1) is 0 Å². The van der Waals surface area contributed by atoms with Gasteiger partial charge in [0.05, 0.1) is 23.8 Å². The first-order valence-corrected chi connectivity index (χ1v) is 6.77. The van der Waals surface area contributed by atoms with E-state index in [1.807, 2.05) is 24.8 Å². The molecule has 0 saturated carbocycles. The normalized spacial score (nSPS) is 12.4. The van der Waals surface area contributed by atoms with Crippen LogP contribution in [0.2, 0.25) is 0 Å². The Balaban J connectivity index is 2.42. The predicted octanol–water partition coefficient (Wildman–Crippen LogP) is 1.28. The highest BCUT2D eigenvalue weighted by Gasteiger charge is 2.19. The van der Waals surface area contributed by atoms with Crippen LogP contribution in [0.5, 0.6) is 0 Å². The third-order valence-electron chi connectivity index (χ3n) is 3.00. The number of carbonyl (C=O) groups excluding carboxylic acids is 1. The minimum Gasteiger partial charge on any atom is -0.467 e. The van der Waals surface area contributed by atoms with Crippen LogP contribution in [0.3, 0.4) is 0 Å². The number of furan rings is 1. The molecule has 1 aromatic heterocycles. The number of nitrogens with zero attached hydrogens (tertiary/aromatic N) is 1. The molecule has 0 aliphatic carbocycles. The maximum Gasteiger partial charge on any atom is 0.237 e. The molecule has 1 amide bonds. The average molecular weight is 283 g/mol. The smallest absolute Gasteiger partial charge is 0.237 e. The van der Waals surface area contributed by atoms with Gasteiger partial charge in [0.1, 0.15) is 5.76 Å². The number of amides is 1. The minimum atomic E-state index is -0.214. The van der Waals surface area contributed by atoms with E-state index in [9.17, 15) is 4.79 Å². The van der Waals surface area contributed by atoms with Gasteiger partial charge in [-0.25, -0.2) is 0 Å². The standard InChI is InChI=1S/C13H21N3O2S/c1-3-16(7-6-12(14)19)10(2)13(17)15-9-11-5-4-8-18-11/h4-5,8,10H,3,6-7,9H2,1-2H3,(H2,14,19)(H,15,17). The van der Waals surface area contributed by atoms with Crippen molar-refractivity contribution in [3.63, 3.8) is 0 Å². The highest BCUT2D eigenvalue weighted by molar-refractivity contribution is 7.80. The molecule has 6 heteroatoms. The second kappa shape index (κ2) is 7.91. The molecule has 3 N–H and O–H groups in total. The molecule has 0 fully saturated rings. The van der Waals surface area contributed by atoms with Crippen molar-refractivity contribution in [2.24, 2.45) is 5.73 Å². The van der Waals surface area contributed by atoms with Crippen LogP contribution in [0, 0.1) is 0 Å². The lowest BCUT2D eigenvalue weighted by Crippen LogP contribution is -2.45. The Kier molecular flexibility index (Phi) is 6.52. The van der Waals surface area contributed by atoms with Gasteiger partial charge in [0, 0.05) is 13.0 Å². The fourth-order valence-electron chi connectivity index (χ4n) is 1.78. The Morgan fingerprint density at radius 3 is 2.89 bits per heavy atom. The summed E-state index contributed by atoms with van der Waals surface area (Å²) in [6, 6.07) is 3.41. The molecule has 1 rings (SSSR count). The van der Waals surface area contributed by atoms with E-state index in [1.54, 1.807) is 12.3 Å². The van der Waals surface area contributed by atoms with Crippen molar-refractivity contribution in [1.82, 2.24) is 10.2 Å². The zero-order chi connectivity index (χ0) is 14.3. The monoisotopic (exact) mass is 283 g/mol. The summed E-state index contributed by atoms with van der Waals surface area (Å²) in [5, 5.41) is 2.85. The van der Waals surface area contributed by atoms with Crippen molar-refractivity contribution in [3.05, 3.63) is 24.2 Å². The van der Waals surface area contributed by atoms with Crippen LogP contribution in [0.1, 0.15) is 26.0 Å².